The minimum absolute atomic E-state index is 0.0706. The number of halogens is 3. The Hall–Kier alpha value is -3.34. The van der Waals surface area contributed by atoms with Crippen LogP contribution in [0.5, 0.6) is 0 Å². The molecule has 0 atom stereocenters. The number of amides is 1. The van der Waals surface area contributed by atoms with Gasteiger partial charge in [-0.05, 0) is 37.3 Å². The molecule has 2 aromatic rings. The van der Waals surface area contributed by atoms with Crippen molar-refractivity contribution >= 4 is 17.6 Å². The van der Waals surface area contributed by atoms with Gasteiger partial charge in [-0.2, -0.15) is 18.4 Å². The lowest BCUT2D eigenvalue weighted by Crippen LogP contribution is -2.35. The van der Waals surface area contributed by atoms with Crippen LogP contribution in [0, 0.1) is 18.3 Å². The van der Waals surface area contributed by atoms with Crippen molar-refractivity contribution in [2.24, 2.45) is 0 Å². The van der Waals surface area contributed by atoms with Gasteiger partial charge in [0, 0.05) is 12.2 Å². The summed E-state index contributed by atoms with van der Waals surface area (Å²) in [5.41, 5.74) is 0.221. The quantitative estimate of drug-likeness (QED) is 0.696. The number of carbonyl (C=O) groups is 2. The van der Waals surface area contributed by atoms with Crippen LogP contribution in [-0.4, -0.2) is 25.0 Å². The Kier molecular flexibility index (Phi) is 6.77. The van der Waals surface area contributed by atoms with Crippen molar-refractivity contribution < 1.29 is 27.5 Å². The summed E-state index contributed by atoms with van der Waals surface area (Å²) in [6.07, 6.45) is -4.52. The van der Waals surface area contributed by atoms with E-state index in [4.69, 9.17) is 10.00 Å². The largest absolute Gasteiger partial charge is 0.452 e. The van der Waals surface area contributed by atoms with Gasteiger partial charge in [0.1, 0.15) is 0 Å². The van der Waals surface area contributed by atoms with E-state index in [0.717, 1.165) is 17.7 Å². The third-order valence-corrected chi connectivity index (χ3v) is 3.85. The first kappa shape index (κ1) is 21.0. The molecule has 5 nitrogen and oxygen atoms in total. The predicted octanol–water partition coefficient (Wildman–Crippen LogP) is 4.12. The zero-order valence-electron chi connectivity index (χ0n) is 15.0. The molecule has 2 rings (SSSR count). The standard InChI is InChI=1S/C20H17F3N2O3/c1-14-6-8-17(9-7-14)25(11-3-10-24)18(26)13-28-19(27)15-4-2-5-16(12-15)20(21,22)23/h2,4-9,12H,3,11,13H2,1H3. The first-order valence-electron chi connectivity index (χ1n) is 8.30. The maximum atomic E-state index is 12.7. The van der Waals surface area contributed by atoms with Crippen LogP contribution in [0.2, 0.25) is 0 Å². The lowest BCUT2D eigenvalue weighted by Gasteiger charge is -2.22. The summed E-state index contributed by atoms with van der Waals surface area (Å²) in [5, 5.41) is 8.78. The molecule has 0 unspecified atom stereocenters. The molecular weight excluding hydrogens is 373 g/mol. The number of alkyl halides is 3. The van der Waals surface area contributed by atoms with Crippen molar-refractivity contribution in [3.8, 4) is 6.07 Å². The molecule has 1 amide bonds. The number of esters is 1. The van der Waals surface area contributed by atoms with E-state index in [-0.39, 0.29) is 18.5 Å². The van der Waals surface area contributed by atoms with Crippen LogP contribution >= 0.6 is 0 Å². The Morgan fingerprint density at radius 3 is 2.43 bits per heavy atom. The summed E-state index contributed by atoms with van der Waals surface area (Å²) in [7, 11) is 0. The van der Waals surface area contributed by atoms with Crippen LogP contribution < -0.4 is 4.90 Å². The Morgan fingerprint density at radius 1 is 1.14 bits per heavy atom. The van der Waals surface area contributed by atoms with Crippen LogP contribution in [0.15, 0.2) is 48.5 Å². The van der Waals surface area contributed by atoms with Gasteiger partial charge in [-0.25, -0.2) is 4.79 Å². The van der Waals surface area contributed by atoms with E-state index in [0.29, 0.717) is 11.8 Å². The Bertz CT molecular complexity index is 887. The number of rotatable bonds is 6. The summed E-state index contributed by atoms with van der Waals surface area (Å²) in [5.74, 6) is -1.62. The van der Waals surface area contributed by atoms with E-state index in [2.05, 4.69) is 0 Å². The highest BCUT2D eigenvalue weighted by molar-refractivity contribution is 5.97. The van der Waals surface area contributed by atoms with Gasteiger partial charge in [0.15, 0.2) is 6.61 Å². The minimum atomic E-state index is -4.59. The molecule has 0 aliphatic rings. The van der Waals surface area contributed by atoms with Gasteiger partial charge in [-0.3, -0.25) is 4.79 Å². The van der Waals surface area contributed by atoms with E-state index in [9.17, 15) is 22.8 Å². The predicted molar refractivity (Wildman–Crippen MR) is 95.5 cm³/mol. The molecule has 8 heteroatoms. The van der Waals surface area contributed by atoms with Crippen molar-refractivity contribution in [3.05, 3.63) is 65.2 Å². The summed E-state index contributed by atoms with van der Waals surface area (Å²) < 4.78 is 43.1. The van der Waals surface area contributed by atoms with Crippen molar-refractivity contribution in [2.75, 3.05) is 18.1 Å². The van der Waals surface area contributed by atoms with Gasteiger partial charge in [0.05, 0.1) is 23.6 Å². The number of carbonyl (C=O) groups excluding carboxylic acids is 2. The number of aryl methyl sites for hydroxylation is 1. The number of nitrogens with zero attached hydrogens (tertiary/aromatic N) is 2. The first-order valence-corrected chi connectivity index (χ1v) is 8.30. The van der Waals surface area contributed by atoms with Crippen molar-refractivity contribution in [3.63, 3.8) is 0 Å². The van der Waals surface area contributed by atoms with Crippen LogP contribution in [0.1, 0.15) is 27.9 Å². The minimum Gasteiger partial charge on any atom is -0.452 e. The highest BCUT2D eigenvalue weighted by atomic mass is 19.4. The fraction of sp³-hybridized carbons (Fsp3) is 0.250. The van der Waals surface area contributed by atoms with E-state index in [1.807, 2.05) is 13.0 Å². The molecule has 0 spiro atoms. The monoisotopic (exact) mass is 390 g/mol. The van der Waals surface area contributed by atoms with E-state index in [1.165, 1.54) is 11.0 Å². The summed E-state index contributed by atoms with van der Waals surface area (Å²) in [6.45, 7) is 1.32. The van der Waals surface area contributed by atoms with Crippen molar-refractivity contribution in [2.45, 2.75) is 19.5 Å². The van der Waals surface area contributed by atoms with Gasteiger partial charge in [0.25, 0.3) is 5.91 Å². The molecular formula is C20H17F3N2O3. The second-order valence-corrected chi connectivity index (χ2v) is 5.94. The maximum Gasteiger partial charge on any atom is 0.416 e. The molecule has 0 bridgehead atoms. The van der Waals surface area contributed by atoms with Crippen molar-refractivity contribution in [1.82, 2.24) is 0 Å². The topological polar surface area (TPSA) is 70.4 Å². The molecule has 146 valence electrons. The van der Waals surface area contributed by atoms with E-state index in [1.54, 1.807) is 24.3 Å². The van der Waals surface area contributed by atoms with Gasteiger partial charge in [-0.1, -0.05) is 23.8 Å². The van der Waals surface area contributed by atoms with Crippen LogP contribution in [0.3, 0.4) is 0 Å². The summed E-state index contributed by atoms with van der Waals surface area (Å²) in [4.78, 5) is 25.8. The van der Waals surface area contributed by atoms with Gasteiger partial charge >= 0.3 is 12.1 Å². The van der Waals surface area contributed by atoms with Crippen LogP contribution in [-0.2, 0) is 15.7 Å². The number of ether oxygens (including phenoxy) is 1. The SMILES string of the molecule is Cc1ccc(N(CCC#N)C(=O)COC(=O)c2cccc(C(F)(F)F)c2)cc1. The number of hydrogen-bond acceptors (Lipinski definition) is 4. The zero-order chi connectivity index (χ0) is 20.7. The maximum absolute atomic E-state index is 12.7. The van der Waals surface area contributed by atoms with Gasteiger partial charge in [0.2, 0.25) is 0 Å². The molecule has 0 N–H and O–H groups in total. The second-order valence-electron chi connectivity index (χ2n) is 5.94. The van der Waals surface area contributed by atoms with Crippen LogP contribution in [0.4, 0.5) is 18.9 Å². The molecule has 0 aromatic heterocycles. The molecule has 28 heavy (non-hydrogen) atoms. The highest BCUT2D eigenvalue weighted by Gasteiger charge is 2.31. The molecule has 0 heterocycles. The molecule has 0 saturated heterocycles. The average molecular weight is 390 g/mol. The highest BCUT2D eigenvalue weighted by Crippen LogP contribution is 2.29. The lowest BCUT2D eigenvalue weighted by atomic mass is 10.1. The lowest BCUT2D eigenvalue weighted by molar-refractivity contribution is -0.137. The van der Waals surface area contributed by atoms with Gasteiger partial charge in [-0.15, -0.1) is 0 Å². The fourth-order valence-corrected chi connectivity index (χ4v) is 2.40. The molecule has 0 aliphatic carbocycles. The van der Waals surface area contributed by atoms with E-state index >= 15 is 0 Å². The molecule has 2 aromatic carbocycles. The molecule has 0 aliphatic heterocycles. The molecule has 0 fully saturated rings. The van der Waals surface area contributed by atoms with E-state index < -0.39 is 30.2 Å². The normalized spacial score (nSPS) is 10.8. The van der Waals surface area contributed by atoms with Crippen molar-refractivity contribution in [1.29, 1.82) is 5.26 Å². The summed E-state index contributed by atoms with van der Waals surface area (Å²) in [6, 6.07) is 12.7. The Balaban J connectivity index is 2.08. The first-order chi connectivity index (χ1) is 13.2. The average Bonchev–Trinajstić information content (AvgIpc) is 2.67. The Morgan fingerprint density at radius 2 is 1.82 bits per heavy atom. The fourth-order valence-electron chi connectivity index (χ4n) is 2.40. The number of nitriles is 1. The molecule has 0 saturated carbocycles. The van der Waals surface area contributed by atoms with Gasteiger partial charge < -0.3 is 9.64 Å². The number of hydrogen-bond donors (Lipinski definition) is 0. The zero-order valence-corrected chi connectivity index (χ0v) is 15.0. The third kappa shape index (κ3) is 5.58. The van der Waals surface area contributed by atoms with Crippen LogP contribution in [0.25, 0.3) is 0 Å². The summed E-state index contributed by atoms with van der Waals surface area (Å²) >= 11 is 0. The Labute approximate surface area is 159 Å². The number of anilines is 1. The smallest absolute Gasteiger partial charge is 0.416 e. The number of benzene rings is 2. The second kappa shape index (κ2) is 9.04. The molecule has 0 radical (unpaired) electrons. The third-order valence-electron chi connectivity index (χ3n) is 3.85.